The van der Waals surface area contributed by atoms with Gasteiger partial charge in [-0.3, -0.25) is 0 Å². The maximum absolute atomic E-state index is 2.59. The average Bonchev–Trinajstić information content (AvgIpc) is 2.79. The Balaban J connectivity index is 1.86. The number of rotatable bonds is 5. The highest BCUT2D eigenvalue weighted by atomic mass is 15.1. The van der Waals surface area contributed by atoms with Crippen LogP contribution >= 0.6 is 0 Å². The molecule has 0 aromatic heterocycles. The van der Waals surface area contributed by atoms with Crippen molar-refractivity contribution in [2.24, 2.45) is 5.92 Å². The Kier molecular flexibility index (Phi) is 4.61. The summed E-state index contributed by atoms with van der Waals surface area (Å²) in [4.78, 5) is 2.59. The molecule has 17 heavy (non-hydrogen) atoms. The van der Waals surface area contributed by atoms with Gasteiger partial charge in [-0.15, -0.1) is 0 Å². The maximum atomic E-state index is 2.59. The number of likely N-dealkylation sites (tertiary alicyclic amines) is 1. The molecule has 1 aromatic rings. The molecule has 0 spiro atoms. The van der Waals surface area contributed by atoms with Gasteiger partial charge < -0.3 is 4.90 Å². The van der Waals surface area contributed by atoms with Gasteiger partial charge >= 0.3 is 0 Å². The molecule has 0 unspecified atom stereocenters. The first-order chi connectivity index (χ1) is 8.24. The van der Waals surface area contributed by atoms with Crippen molar-refractivity contribution in [2.75, 3.05) is 19.6 Å². The van der Waals surface area contributed by atoms with Crippen molar-refractivity contribution in [1.82, 2.24) is 4.90 Å². The van der Waals surface area contributed by atoms with E-state index in [1.54, 1.807) is 0 Å². The lowest BCUT2D eigenvalue weighted by Crippen LogP contribution is -2.21. The molecular weight excluding hydrogens is 206 g/mol. The summed E-state index contributed by atoms with van der Waals surface area (Å²) in [5.41, 5.74) is 3.01. The fourth-order valence-electron chi connectivity index (χ4n) is 2.68. The van der Waals surface area contributed by atoms with Gasteiger partial charge in [0.1, 0.15) is 0 Å². The van der Waals surface area contributed by atoms with E-state index in [9.17, 15) is 0 Å². The van der Waals surface area contributed by atoms with Crippen LogP contribution < -0.4 is 0 Å². The van der Waals surface area contributed by atoms with E-state index < -0.39 is 0 Å². The van der Waals surface area contributed by atoms with Crippen molar-refractivity contribution in [2.45, 2.75) is 39.5 Å². The molecule has 0 radical (unpaired) electrons. The lowest BCUT2D eigenvalue weighted by Gasteiger charge is -2.14. The van der Waals surface area contributed by atoms with Crippen LogP contribution in [-0.2, 0) is 12.8 Å². The molecule has 1 heterocycles. The highest BCUT2D eigenvalue weighted by molar-refractivity contribution is 5.24. The van der Waals surface area contributed by atoms with Crippen molar-refractivity contribution in [3.8, 4) is 0 Å². The number of hydrogen-bond acceptors (Lipinski definition) is 1. The van der Waals surface area contributed by atoms with E-state index in [1.165, 1.54) is 56.4 Å². The van der Waals surface area contributed by atoms with Gasteiger partial charge in [0.15, 0.2) is 0 Å². The van der Waals surface area contributed by atoms with E-state index in [2.05, 4.69) is 43.0 Å². The van der Waals surface area contributed by atoms with Crippen molar-refractivity contribution < 1.29 is 0 Å². The average molecular weight is 231 g/mol. The fraction of sp³-hybridized carbons (Fsp3) is 0.625. The minimum atomic E-state index is 0.754. The summed E-state index contributed by atoms with van der Waals surface area (Å²) >= 11 is 0. The summed E-state index contributed by atoms with van der Waals surface area (Å²) in [7, 11) is 0. The van der Waals surface area contributed by atoms with Gasteiger partial charge in [0.25, 0.3) is 0 Å². The first-order valence-electron chi connectivity index (χ1n) is 7.04. The highest BCUT2D eigenvalue weighted by Crippen LogP contribution is 2.13. The minimum Gasteiger partial charge on any atom is -0.303 e. The molecule has 0 bridgehead atoms. The van der Waals surface area contributed by atoms with Crippen molar-refractivity contribution >= 4 is 0 Å². The molecule has 0 aliphatic carbocycles. The molecule has 94 valence electrons. The lowest BCUT2D eigenvalue weighted by molar-refractivity contribution is 0.343. The first kappa shape index (κ1) is 12.6. The van der Waals surface area contributed by atoms with Crippen molar-refractivity contribution in [1.29, 1.82) is 0 Å². The molecule has 1 fully saturated rings. The lowest BCUT2D eigenvalue weighted by atomic mass is 10.00. The van der Waals surface area contributed by atoms with Crippen molar-refractivity contribution in [3.05, 3.63) is 35.4 Å². The smallest absolute Gasteiger partial charge is 0.00218 e. The first-order valence-corrected chi connectivity index (χ1v) is 7.04. The summed E-state index contributed by atoms with van der Waals surface area (Å²) in [6.07, 6.45) is 5.21. The molecule has 0 N–H and O–H groups in total. The van der Waals surface area contributed by atoms with Gasteiger partial charge in [0.2, 0.25) is 0 Å². The van der Waals surface area contributed by atoms with Crippen molar-refractivity contribution in [3.63, 3.8) is 0 Å². The van der Waals surface area contributed by atoms with E-state index in [0.717, 1.165) is 5.92 Å². The molecule has 1 heteroatoms. The Morgan fingerprint density at radius 3 is 2.53 bits per heavy atom. The highest BCUT2D eigenvalue weighted by Gasteiger charge is 2.10. The predicted octanol–water partition coefficient (Wildman–Crippen LogP) is 3.52. The fourth-order valence-corrected chi connectivity index (χ4v) is 2.68. The predicted molar refractivity (Wildman–Crippen MR) is 74.4 cm³/mol. The molecule has 0 saturated carbocycles. The van der Waals surface area contributed by atoms with E-state index in [0.29, 0.717) is 0 Å². The van der Waals surface area contributed by atoms with E-state index in [-0.39, 0.29) is 0 Å². The zero-order valence-corrected chi connectivity index (χ0v) is 11.3. The van der Waals surface area contributed by atoms with Gasteiger partial charge in [-0.05, 0) is 55.8 Å². The SMILES string of the molecule is CC(C)Cc1cccc(CCN2CCCC2)c1. The summed E-state index contributed by atoms with van der Waals surface area (Å²) < 4.78 is 0. The molecule has 1 nitrogen and oxygen atoms in total. The largest absolute Gasteiger partial charge is 0.303 e. The third-order valence-electron chi connectivity index (χ3n) is 3.55. The van der Waals surface area contributed by atoms with Crippen LogP contribution in [0, 0.1) is 5.92 Å². The second-order valence-corrected chi connectivity index (χ2v) is 5.72. The van der Waals surface area contributed by atoms with Gasteiger partial charge in [-0.1, -0.05) is 38.1 Å². The third kappa shape index (κ3) is 4.16. The second kappa shape index (κ2) is 6.20. The normalized spacial score (nSPS) is 16.9. The Morgan fingerprint density at radius 1 is 1.12 bits per heavy atom. The minimum absolute atomic E-state index is 0.754. The van der Waals surface area contributed by atoms with E-state index in [4.69, 9.17) is 0 Å². The summed E-state index contributed by atoms with van der Waals surface area (Å²) in [6, 6.07) is 9.16. The third-order valence-corrected chi connectivity index (χ3v) is 3.55. The monoisotopic (exact) mass is 231 g/mol. The standard InChI is InChI=1S/C16H25N/c1-14(2)12-16-7-5-6-15(13-16)8-11-17-9-3-4-10-17/h5-7,13-14H,3-4,8-12H2,1-2H3. The Morgan fingerprint density at radius 2 is 1.82 bits per heavy atom. The molecule has 1 aromatic carbocycles. The van der Waals surface area contributed by atoms with Crippen LogP contribution in [-0.4, -0.2) is 24.5 Å². The van der Waals surface area contributed by atoms with Crippen LogP contribution in [0.2, 0.25) is 0 Å². The van der Waals surface area contributed by atoms with Crippen LogP contribution in [0.15, 0.2) is 24.3 Å². The maximum Gasteiger partial charge on any atom is 0.00218 e. The molecule has 1 saturated heterocycles. The molecular formula is C16H25N. The molecule has 1 aliphatic rings. The zero-order chi connectivity index (χ0) is 12.1. The topological polar surface area (TPSA) is 3.24 Å². The second-order valence-electron chi connectivity index (χ2n) is 5.72. The number of benzene rings is 1. The summed E-state index contributed by atoms with van der Waals surface area (Å²) in [5.74, 6) is 0.754. The molecule has 1 aliphatic heterocycles. The molecule has 2 rings (SSSR count). The summed E-state index contributed by atoms with van der Waals surface area (Å²) in [5, 5.41) is 0. The summed E-state index contributed by atoms with van der Waals surface area (Å²) in [6.45, 7) is 8.44. The molecule has 0 atom stereocenters. The van der Waals surface area contributed by atoms with Crippen LogP contribution in [0.4, 0.5) is 0 Å². The van der Waals surface area contributed by atoms with Crippen LogP contribution in [0.1, 0.15) is 37.8 Å². The molecule has 0 amide bonds. The van der Waals surface area contributed by atoms with Crippen LogP contribution in [0.5, 0.6) is 0 Å². The van der Waals surface area contributed by atoms with E-state index in [1.807, 2.05) is 0 Å². The number of hydrogen-bond donors (Lipinski definition) is 0. The van der Waals surface area contributed by atoms with E-state index >= 15 is 0 Å². The Hall–Kier alpha value is -0.820. The zero-order valence-electron chi connectivity index (χ0n) is 11.3. The van der Waals surface area contributed by atoms with Crippen LogP contribution in [0.3, 0.4) is 0 Å². The quantitative estimate of drug-likeness (QED) is 0.749. The van der Waals surface area contributed by atoms with Gasteiger partial charge in [0.05, 0.1) is 0 Å². The van der Waals surface area contributed by atoms with Gasteiger partial charge in [0, 0.05) is 6.54 Å². The van der Waals surface area contributed by atoms with Gasteiger partial charge in [-0.2, -0.15) is 0 Å². The van der Waals surface area contributed by atoms with Crippen LogP contribution in [0.25, 0.3) is 0 Å². The Bertz CT molecular complexity index is 337. The number of nitrogens with zero attached hydrogens (tertiary/aromatic N) is 1. The Labute approximate surface area is 106 Å². The van der Waals surface area contributed by atoms with Gasteiger partial charge in [-0.25, -0.2) is 0 Å².